The van der Waals surface area contributed by atoms with Gasteiger partial charge in [0.1, 0.15) is 11.4 Å². The molecule has 0 spiro atoms. The Balaban J connectivity index is 1.66. The van der Waals surface area contributed by atoms with Crippen molar-refractivity contribution in [2.24, 2.45) is 0 Å². The third-order valence-electron chi connectivity index (χ3n) is 4.02. The van der Waals surface area contributed by atoms with Gasteiger partial charge in [-0.1, -0.05) is 0 Å². The Labute approximate surface area is 171 Å². The smallest absolute Gasteiger partial charge is 0.354 e. The summed E-state index contributed by atoms with van der Waals surface area (Å²) in [6.07, 6.45) is 0.807. The lowest BCUT2D eigenvalue weighted by molar-refractivity contribution is 0.0466. The molecule has 8 nitrogen and oxygen atoms in total. The van der Waals surface area contributed by atoms with E-state index in [1.807, 2.05) is 12.1 Å². The molecule has 0 saturated heterocycles. The molecule has 0 amide bonds. The van der Waals surface area contributed by atoms with Crippen LogP contribution in [0.15, 0.2) is 36.4 Å². The number of rotatable bonds is 10. The summed E-state index contributed by atoms with van der Waals surface area (Å²) in [7, 11) is 0. The van der Waals surface area contributed by atoms with E-state index in [4.69, 9.17) is 19.7 Å². The summed E-state index contributed by atoms with van der Waals surface area (Å²) in [4.78, 5) is 31.9. The third kappa shape index (κ3) is 5.35. The molecule has 0 atom stereocenters. The van der Waals surface area contributed by atoms with Crippen molar-refractivity contribution in [2.45, 2.75) is 12.8 Å². The fourth-order valence-electron chi connectivity index (χ4n) is 2.56. The number of hydrogen-bond acceptors (Lipinski definition) is 7. The van der Waals surface area contributed by atoms with Gasteiger partial charge in [0.15, 0.2) is 0 Å². The Morgan fingerprint density at radius 1 is 0.759 bits per heavy atom. The second kappa shape index (κ2) is 10.1. The number of carbonyl (C=O) groups excluding carboxylic acids is 2. The summed E-state index contributed by atoms with van der Waals surface area (Å²) in [5.41, 5.74) is 2.26. The van der Waals surface area contributed by atoms with Crippen molar-refractivity contribution in [3.63, 3.8) is 0 Å². The van der Waals surface area contributed by atoms with Gasteiger partial charge in [-0.25, -0.2) is 9.59 Å². The van der Waals surface area contributed by atoms with Crippen LogP contribution in [0.2, 0.25) is 0 Å². The SMILES string of the molecule is O=C(OCCCO)c1ccc(-c2ccc(-c3ccc(C(=O)OCCCO)[nH]3)s2)[nH]1. The Morgan fingerprint density at radius 2 is 1.21 bits per heavy atom. The quantitative estimate of drug-likeness (QED) is 0.296. The molecule has 0 aliphatic heterocycles. The molecule has 3 heterocycles. The Hall–Kier alpha value is -2.88. The lowest BCUT2D eigenvalue weighted by atomic mass is 10.3. The van der Waals surface area contributed by atoms with Crippen molar-refractivity contribution in [1.82, 2.24) is 9.97 Å². The number of carbonyl (C=O) groups is 2. The van der Waals surface area contributed by atoms with E-state index in [1.54, 1.807) is 24.3 Å². The summed E-state index contributed by atoms with van der Waals surface area (Å²) in [6.45, 7) is 0.291. The van der Waals surface area contributed by atoms with Crippen LogP contribution in [0.5, 0.6) is 0 Å². The third-order valence-corrected chi connectivity index (χ3v) is 5.17. The van der Waals surface area contributed by atoms with E-state index in [-0.39, 0.29) is 26.4 Å². The van der Waals surface area contributed by atoms with Crippen molar-refractivity contribution >= 4 is 23.3 Å². The molecular formula is C20H22N2O6S. The monoisotopic (exact) mass is 418 g/mol. The number of aromatic amines is 2. The molecule has 3 rings (SSSR count). The summed E-state index contributed by atoms with van der Waals surface area (Å²) in [5.74, 6) is -0.926. The summed E-state index contributed by atoms with van der Waals surface area (Å²) in [6, 6.07) is 10.8. The van der Waals surface area contributed by atoms with Crippen molar-refractivity contribution in [3.8, 4) is 21.1 Å². The van der Waals surface area contributed by atoms with Crippen LogP contribution in [0.4, 0.5) is 0 Å². The molecule has 0 saturated carbocycles. The van der Waals surface area contributed by atoms with E-state index in [0.29, 0.717) is 24.2 Å². The standard InChI is InChI=1S/C20H22N2O6S/c23-9-1-11-27-19(25)15-5-3-13(21-15)17-7-8-18(29-17)14-4-6-16(22-14)20(26)28-12-2-10-24/h3-8,21-24H,1-2,9-12H2. The van der Waals surface area contributed by atoms with Crippen molar-refractivity contribution in [2.75, 3.05) is 26.4 Å². The van der Waals surface area contributed by atoms with E-state index in [9.17, 15) is 9.59 Å². The van der Waals surface area contributed by atoms with Gasteiger partial charge < -0.3 is 29.7 Å². The number of ether oxygens (including phenoxy) is 2. The van der Waals surface area contributed by atoms with Gasteiger partial charge in [-0.15, -0.1) is 11.3 Å². The molecular weight excluding hydrogens is 396 g/mol. The summed E-state index contributed by atoms with van der Waals surface area (Å²) >= 11 is 1.50. The number of hydrogen-bond donors (Lipinski definition) is 4. The first-order valence-electron chi connectivity index (χ1n) is 9.17. The Morgan fingerprint density at radius 3 is 1.62 bits per heavy atom. The van der Waals surface area contributed by atoms with Crippen LogP contribution in [-0.4, -0.2) is 58.5 Å². The maximum Gasteiger partial charge on any atom is 0.354 e. The van der Waals surface area contributed by atoms with Gasteiger partial charge in [0.2, 0.25) is 0 Å². The zero-order valence-electron chi connectivity index (χ0n) is 15.6. The first-order chi connectivity index (χ1) is 14.1. The Bertz CT molecular complexity index is 883. The van der Waals surface area contributed by atoms with Crippen LogP contribution in [0.25, 0.3) is 21.1 Å². The van der Waals surface area contributed by atoms with Gasteiger partial charge in [-0.3, -0.25) is 0 Å². The molecule has 4 N–H and O–H groups in total. The molecule has 0 aliphatic rings. The number of H-pyrrole nitrogens is 2. The second-order valence-corrected chi connectivity index (χ2v) is 7.25. The molecule has 0 fully saturated rings. The molecule has 3 aromatic heterocycles. The molecule has 0 radical (unpaired) electrons. The van der Waals surface area contributed by atoms with Crippen LogP contribution in [0.3, 0.4) is 0 Å². The molecule has 9 heteroatoms. The first-order valence-corrected chi connectivity index (χ1v) is 9.98. The fraction of sp³-hybridized carbons (Fsp3) is 0.300. The van der Waals surface area contributed by atoms with E-state index in [2.05, 4.69) is 9.97 Å². The van der Waals surface area contributed by atoms with Crippen LogP contribution in [0.1, 0.15) is 33.8 Å². The first kappa shape index (κ1) is 20.8. The number of nitrogens with one attached hydrogen (secondary N) is 2. The van der Waals surface area contributed by atoms with E-state index >= 15 is 0 Å². The molecule has 0 aliphatic carbocycles. The predicted molar refractivity (Wildman–Crippen MR) is 108 cm³/mol. The van der Waals surface area contributed by atoms with Crippen LogP contribution >= 0.6 is 11.3 Å². The normalized spacial score (nSPS) is 10.8. The highest BCUT2D eigenvalue weighted by Crippen LogP contribution is 2.33. The van der Waals surface area contributed by atoms with Crippen molar-refractivity contribution in [1.29, 1.82) is 0 Å². The zero-order valence-corrected chi connectivity index (χ0v) is 16.5. The van der Waals surface area contributed by atoms with E-state index in [1.165, 1.54) is 11.3 Å². The molecule has 0 unspecified atom stereocenters. The topological polar surface area (TPSA) is 125 Å². The number of esters is 2. The number of aromatic nitrogens is 2. The number of aliphatic hydroxyl groups excluding tert-OH is 2. The van der Waals surface area contributed by atoms with E-state index < -0.39 is 11.9 Å². The molecule has 154 valence electrons. The van der Waals surface area contributed by atoms with Gasteiger partial charge in [0.05, 0.1) is 34.4 Å². The minimum atomic E-state index is -0.463. The molecule has 0 bridgehead atoms. The summed E-state index contributed by atoms with van der Waals surface area (Å²) < 4.78 is 10.1. The molecule has 29 heavy (non-hydrogen) atoms. The maximum absolute atomic E-state index is 12.0. The second-order valence-electron chi connectivity index (χ2n) is 6.16. The highest BCUT2D eigenvalue weighted by molar-refractivity contribution is 7.18. The fourth-order valence-corrected chi connectivity index (χ4v) is 3.52. The number of aliphatic hydroxyl groups is 2. The summed E-state index contributed by atoms with van der Waals surface area (Å²) in [5, 5.41) is 17.5. The van der Waals surface area contributed by atoms with Gasteiger partial charge in [-0.2, -0.15) is 0 Å². The molecule has 3 aromatic rings. The van der Waals surface area contributed by atoms with Crippen LogP contribution < -0.4 is 0 Å². The van der Waals surface area contributed by atoms with Crippen molar-refractivity contribution in [3.05, 3.63) is 47.8 Å². The van der Waals surface area contributed by atoms with Crippen LogP contribution in [-0.2, 0) is 9.47 Å². The average Bonchev–Trinajstić information content (AvgIpc) is 3.47. The maximum atomic E-state index is 12.0. The lowest BCUT2D eigenvalue weighted by Gasteiger charge is -2.01. The van der Waals surface area contributed by atoms with E-state index in [0.717, 1.165) is 21.1 Å². The minimum Gasteiger partial charge on any atom is -0.461 e. The predicted octanol–water partition coefficient (Wildman–Crippen LogP) is 2.82. The van der Waals surface area contributed by atoms with Gasteiger partial charge in [0, 0.05) is 26.1 Å². The van der Waals surface area contributed by atoms with Gasteiger partial charge in [0.25, 0.3) is 0 Å². The highest BCUT2D eigenvalue weighted by Gasteiger charge is 2.14. The number of thiophene rings is 1. The highest BCUT2D eigenvalue weighted by atomic mass is 32.1. The molecule has 0 aromatic carbocycles. The van der Waals surface area contributed by atoms with Crippen molar-refractivity contribution < 1.29 is 29.3 Å². The van der Waals surface area contributed by atoms with Gasteiger partial charge >= 0.3 is 11.9 Å². The minimum absolute atomic E-state index is 0.0257. The zero-order chi connectivity index (χ0) is 20.6. The lowest BCUT2D eigenvalue weighted by Crippen LogP contribution is -2.07. The Kier molecular flexibility index (Phi) is 7.23. The largest absolute Gasteiger partial charge is 0.461 e. The van der Waals surface area contributed by atoms with Crippen LogP contribution in [0, 0.1) is 0 Å². The van der Waals surface area contributed by atoms with Gasteiger partial charge in [-0.05, 0) is 36.4 Å². The average molecular weight is 418 g/mol.